The molecule has 1 N–H and O–H groups in total. The van der Waals surface area contributed by atoms with Crippen LogP contribution in [0.4, 0.5) is 5.69 Å². The predicted octanol–water partition coefficient (Wildman–Crippen LogP) is 2.90. The summed E-state index contributed by atoms with van der Waals surface area (Å²) >= 11 is 0. The number of para-hydroxylation sites is 2. The molecule has 7 nitrogen and oxygen atoms in total. The molecular weight excluding hydrogens is 400 g/mol. The fourth-order valence-electron chi connectivity index (χ4n) is 4.55. The number of benzene rings is 2. The number of hydrogen-bond donors (Lipinski definition) is 1. The maximum atomic E-state index is 13.0. The van der Waals surface area contributed by atoms with Gasteiger partial charge in [0.2, 0.25) is 10.0 Å². The lowest BCUT2D eigenvalue weighted by Crippen LogP contribution is -2.38. The molecule has 5 rings (SSSR count). The molecule has 2 aromatic carbocycles. The zero-order valence-electron chi connectivity index (χ0n) is 16.8. The van der Waals surface area contributed by atoms with Gasteiger partial charge in [-0.1, -0.05) is 12.1 Å². The quantitative estimate of drug-likeness (QED) is 0.700. The first-order valence-corrected chi connectivity index (χ1v) is 12.1. The second-order valence-electron chi connectivity index (χ2n) is 8.13. The van der Waals surface area contributed by atoms with Crippen molar-refractivity contribution in [2.24, 2.45) is 0 Å². The Kier molecular flexibility index (Phi) is 4.54. The Hall–Kier alpha value is -2.87. The Bertz CT molecular complexity index is 1190. The van der Waals surface area contributed by atoms with Gasteiger partial charge in [-0.3, -0.25) is 9.10 Å². The van der Waals surface area contributed by atoms with Gasteiger partial charge in [0.15, 0.2) is 0 Å². The second-order valence-corrected chi connectivity index (χ2v) is 10.0. The molecule has 2 aliphatic rings. The van der Waals surface area contributed by atoms with Crippen molar-refractivity contribution in [3.05, 3.63) is 59.4 Å². The van der Waals surface area contributed by atoms with E-state index in [9.17, 15) is 13.2 Å². The average Bonchev–Trinajstić information content (AvgIpc) is 3.37. The van der Waals surface area contributed by atoms with Crippen molar-refractivity contribution < 1.29 is 13.2 Å². The van der Waals surface area contributed by atoms with Crippen LogP contribution in [0.3, 0.4) is 0 Å². The SMILES string of the molecule is CS(=O)(=O)N1CCc2cc(C(=O)N3CCC(c4nc5ccccc5[nH]4)CC3)ccc21. The Morgan fingerprint density at radius 1 is 1.10 bits per heavy atom. The minimum absolute atomic E-state index is 0.0126. The van der Waals surface area contributed by atoms with Crippen LogP contribution in [-0.4, -0.2) is 55.1 Å². The van der Waals surface area contributed by atoms with E-state index >= 15 is 0 Å². The van der Waals surface area contributed by atoms with Crippen LogP contribution in [0.1, 0.15) is 40.5 Å². The first-order valence-electron chi connectivity index (χ1n) is 10.2. The summed E-state index contributed by atoms with van der Waals surface area (Å²) in [6.07, 6.45) is 3.60. The number of rotatable bonds is 3. The summed E-state index contributed by atoms with van der Waals surface area (Å²) in [6, 6.07) is 13.4. The van der Waals surface area contributed by atoms with Crippen molar-refractivity contribution >= 4 is 32.7 Å². The number of carbonyl (C=O) groups excluding carboxylic acids is 1. The molecule has 2 aliphatic heterocycles. The lowest BCUT2D eigenvalue weighted by atomic mass is 9.95. The van der Waals surface area contributed by atoms with Crippen molar-refractivity contribution in [2.75, 3.05) is 30.2 Å². The molecule has 0 aliphatic carbocycles. The first kappa shape index (κ1) is 19.1. The summed E-state index contributed by atoms with van der Waals surface area (Å²) in [6.45, 7) is 1.81. The molecule has 1 amide bonds. The monoisotopic (exact) mass is 424 g/mol. The molecule has 0 saturated carbocycles. The van der Waals surface area contributed by atoms with Crippen LogP contribution in [-0.2, 0) is 16.4 Å². The first-order chi connectivity index (χ1) is 14.4. The third kappa shape index (κ3) is 3.35. The van der Waals surface area contributed by atoms with Crippen LogP contribution in [0, 0.1) is 0 Å². The number of anilines is 1. The van der Waals surface area contributed by atoms with E-state index in [2.05, 4.69) is 4.98 Å². The smallest absolute Gasteiger partial charge is 0.253 e. The third-order valence-electron chi connectivity index (χ3n) is 6.16. The zero-order chi connectivity index (χ0) is 20.9. The summed E-state index contributed by atoms with van der Waals surface area (Å²) in [7, 11) is -3.28. The highest BCUT2D eigenvalue weighted by Gasteiger charge is 2.29. The highest BCUT2D eigenvalue weighted by Crippen LogP contribution is 2.32. The number of imidazole rings is 1. The van der Waals surface area contributed by atoms with E-state index in [1.165, 1.54) is 10.6 Å². The molecule has 0 atom stereocenters. The topological polar surface area (TPSA) is 86.4 Å². The molecule has 0 radical (unpaired) electrons. The van der Waals surface area contributed by atoms with E-state index in [4.69, 9.17) is 4.98 Å². The number of carbonyl (C=O) groups is 1. The predicted molar refractivity (Wildman–Crippen MR) is 116 cm³/mol. The molecule has 8 heteroatoms. The van der Waals surface area contributed by atoms with Gasteiger partial charge in [0.1, 0.15) is 5.82 Å². The van der Waals surface area contributed by atoms with Crippen LogP contribution < -0.4 is 4.31 Å². The van der Waals surface area contributed by atoms with E-state index in [1.807, 2.05) is 35.2 Å². The van der Waals surface area contributed by atoms with Crippen molar-refractivity contribution in [1.82, 2.24) is 14.9 Å². The van der Waals surface area contributed by atoms with E-state index in [0.717, 1.165) is 35.3 Å². The number of aromatic amines is 1. The molecule has 3 aromatic rings. The summed E-state index contributed by atoms with van der Waals surface area (Å²) in [5.74, 6) is 1.34. The normalized spacial score (nSPS) is 17.5. The Morgan fingerprint density at radius 2 is 1.87 bits per heavy atom. The minimum atomic E-state index is -3.28. The van der Waals surface area contributed by atoms with Gasteiger partial charge in [-0.05, 0) is 55.2 Å². The van der Waals surface area contributed by atoms with Crippen LogP contribution >= 0.6 is 0 Å². The highest BCUT2D eigenvalue weighted by atomic mass is 32.2. The van der Waals surface area contributed by atoms with E-state index in [0.29, 0.717) is 43.2 Å². The van der Waals surface area contributed by atoms with Gasteiger partial charge in [0, 0.05) is 31.1 Å². The summed E-state index contributed by atoms with van der Waals surface area (Å²) < 4.78 is 25.2. The van der Waals surface area contributed by atoms with Crippen LogP contribution in [0.25, 0.3) is 11.0 Å². The minimum Gasteiger partial charge on any atom is -0.342 e. The molecule has 0 spiro atoms. The van der Waals surface area contributed by atoms with Crippen molar-refractivity contribution in [3.8, 4) is 0 Å². The number of nitrogens with zero attached hydrogens (tertiary/aromatic N) is 3. The number of sulfonamides is 1. The van der Waals surface area contributed by atoms with Crippen LogP contribution in [0.2, 0.25) is 0 Å². The van der Waals surface area contributed by atoms with Gasteiger partial charge in [-0.25, -0.2) is 13.4 Å². The fraction of sp³-hybridized carbons (Fsp3) is 0.364. The number of likely N-dealkylation sites (tertiary alicyclic amines) is 1. The molecule has 1 saturated heterocycles. The summed E-state index contributed by atoms with van der Waals surface area (Å²) in [5.41, 5.74) is 4.27. The van der Waals surface area contributed by atoms with Gasteiger partial charge in [0.25, 0.3) is 5.91 Å². The maximum absolute atomic E-state index is 13.0. The van der Waals surface area contributed by atoms with E-state index in [1.54, 1.807) is 12.1 Å². The Labute approximate surface area is 175 Å². The summed E-state index contributed by atoms with van der Waals surface area (Å²) in [5, 5.41) is 0. The lowest BCUT2D eigenvalue weighted by molar-refractivity contribution is 0.0711. The number of H-pyrrole nitrogens is 1. The van der Waals surface area contributed by atoms with Gasteiger partial charge in [0.05, 0.1) is 23.0 Å². The highest BCUT2D eigenvalue weighted by molar-refractivity contribution is 7.92. The summed E-state index contributed by atoms with van der Waals surface area (Å²) in [4.78, 5) is 23.1. The maximum Gasteiger partial charge on any atom is 0.253 e. The number of amides is 1. The number of fused-ring (bicyclic) bond motifs is 2. The molecule has 156 valence electrons. The van der Waals surface area contributed by atoms with E-state index < -0.39 is 10.0 Å². The van der Waals surface area contributed by atoms with Crippen LogP contribution in [0.15, 0.2) is 42.5 Å². The van der Waals surface area contributed by atoms with E-state index in [-0.39, 0.29) is 5.91 Å². The van der Waals surface area contributed by atoms with Gasteiger partial charge in [-0.15, -0.1) is 0 Å². The average molecular weight is 425 g/mol. The number of aromatic nitrogens is 2. The molecule has 1 fully saturated rings. The molecule has 3 heterocycles. The number of piperidine rings is 1. The number of hydrogen-bond acceptors (Lipinski definition) is 4. The van der Waals surface area contributed by atoms with Gasteiger partial charge >= 0.3 is 0 Å². The standard InChI is InChI=1S/C22H24N4O3S/c1-30(28,29)26-13-10-16-14-17(6-7-20(16)26)22(27)25-11-8-15(9-12-25)21-23-18-4-2-3-5-19(18)24-21/h2-7,14-15H,8-13H2,1H3,(H,23,24). The van der Waals surface area contributed by atoms with Gasteiger partial charge in [-0.2, -0.15) is 0 Å². The van der Waals surface area contributed by atoms with Crippen molar-refractivity contribution in [1.29, 1.82) is 0 Å². The Morgan fingerprint density at radius 3 is 2.60 bits per heavy atom. The Balaban J connectivity index is 1.28. The molecule has 30 heavy (non-hydrogen) atoms. The largest absolute Gasteiger partial charge is 0.342 e. The number of nitrogens with one attached hydrogen (secondary N) is 1. The third-order valence-corrected chi connectivity index (χ3v) is 7.34. The van der Waals surface area contributed by atoms with Crippen molar-refractivity contribution in [2.45, 2.75) is 25.2 Å². The van der Waals surface area contributed by atoms with Gasteiger partial charge < -0.3 is 9.88 Å². The lowest BCUT2D eigenvalue weighted by Gasteiger charge is -2.31. The zero-order valence-corrected chi connectivity index (χ0v) is 17.7. The van der Waals surface area contributed by atoms with Crippen molar-refractivity contribution in [3.63, 3.8) is 0 Å². The molecule has 1 aromatic heterocycles. The molecule has 0 unspecified atom stereocenters. The fourth-order valence-corrected chi connectivity index (χ4v) is 5.51. The molecule has 0 bridgehead atoms. The molecular formula is C22H24N4O3S. The van der Waals surface area contributed by atoms with Crippen LogP contribution in [0.5, 0.6) is 0 Å². The second kappa shape index (κ2) is 7.12.